The predicted molar refractivity (Wildman–Crippen MR) is 75.4 cm³/mol. The fourth-order valence-corrected chi connectivity index (χ4v) is 2.06. The number of nitriles is 1. The molecule has 1 aromatic rings. The molecule has 6 heteroatoms. The molecule has 0 saturated carbocycles. The normalized spacial score (nSPS) is 19.0. The van der Waals surface area contributed by atoms with Crippen molar-refractivity contribution >= 4 is 11.8 Å². The lowest BCUT2D eigenvalue weighted by Gasteiger charge is -2.24. The molecule has 2 rings (SSSR count). The van der Waals surface area contributed by atoms with Gasteiger partial charge in [0.05, 0.1) is 11.6 Å². The fourth-order valence-electron chi connectivity index (χ4n) is 2.06. The van der Waals surface area contributed by atoms with E-state index < -0.39 is 12.1 Å². The topological polar surface area (TPSA) is 91.2 Å². The summed E-state index contributed by atoms with van der Waals surface area (Å²) in [6.07, 6.45) is 0.774. The molecule has 2 N–H and O–H groups in total. The van der Waals surface area contributed by atoms with E-state index in [0.717, 1.165) is 6.42 Å². The first-order chi connectivity index (χ1) is 10.1. The number of ether oxygens (including phenoxy) is 1. The van der Waals surface area contributed by atoms with Gasteiger partial charge in [-0.2, -0.15) is 5.26 Å². The smallest absolute Gasteiger partial charge is 0.261 e. The molecule has 6 nitrogen and oxygen atoms in total. The lowest BCUT2D eigenvalue weighted by molar-refractivity contribution is -0.133. The lowest BCUT2D eigenvalue weighted by atomic mass is 10.1. The quantitative estimate of drug-likeness (QED) is 0.853. The third-order valence-corrected chi connectivity index (χ3v) is 3.27. The second kappa shape index (κ2) is 6.75. The average molecular weight is 287 g/mol. The number of hydrogen-bond donors (Lipinski definition) is 2. The Balaban J connectivity index is 1.89. The Kier molecular flexibility index (Phi) is 4.77. The zero-order valence-corrected chi connectivity index (χ0v) is 11.8. The van der Waals surface area contributed by atoms with E-state index in [9.17, 15) is 9.59 Å². The van der Waals surface area contributed by atoms with Gasteiger partial charge in [-0.25, -0.2) is 0 Å². The summed E-state index contributed by atoms with van der Waals surface area (Å²) in [6, 6.07) is 8.03. The van der Waals surface area contributed by atoms with Crippen molar-refractivity contribution in [2.45, 2.75) is 31.9 Å². The van der Waals surface area contributed by atoms with E-state index in [-0.39, 0.29) is 11.8 Å². The van der Waals surface area contributed by atoms with Crippen LogP contribution in [0.25, 0.3) is 0 Å². The van der Waals surface area contributed by atoms with Gasteiger partial charge in [0.2, 0.25) is 5.91 Å². The summed E-state index contributed by atoms with van der Waals surface area (Å²) in [5.74, 6) is 0.0197. The van der Waals surface area contributed by atoms with E-state index in [4.69, 9.17) is 10.00 Å². The Labute approximate surface area is 123 Å². The highest BCUT2D eigenvalue weighted by Crippen LogP contribution is 2.13. The van der Waals surface area contributed by atoms with Gasteiger partial charge in [-0.3, -0.25) is 9.59 Å². The molecule has 21 heavy (non-hydrogen) atoms. The van der Waals surface area contributed by atoms with Crippen LogP contribution in [0.4, 0.5) is 0 Å². The summed E-state index contributed by atoms with van der Waals surface area (Å²) >= 11 is 0. The molecule has 1 saturated heterocycles. The molecule has 0 radical (unpaired) electrons. The average Bonchev–Trinajstić information content (AvgIpc) is 2.50. The minimum Gasteiger partial charge on any atom is -0.481 e. The highest BCUT2D eigenvalue weighted by molar-refractivity contribution is 5.89. The number of piperidine rings is 1. The van der Waals surface area contributed by atoms with Gasteiger partial charge in [-0.15, -0.1) is 0 Å². The minimum atomic E-state index is -0.715. The first-order valence-electron chi connectivity index (χ1n) is 6.85. The largest absolute Gasteiger partial charge is 0.481 e. The standard InChI is InChI=1S/C15H17N3O3/c1-10(21-12-6-4-11(9-16)5-7-12)14(19)18-13-3-2-8-17-15(13)20/h4-7,10,13H,2-3,8H2,1H3,(H,17,20)(H,18,19)/t10-,13-/m0/s1. The monoisotopic (exact) mass is 287 g/mol. The molecule has 0 aromatic heterocycles. The Bertz CT molecular complexity index is 563. The van der Waals surface area contributed by atoms with E-state index in [1.54, 1.807) is 31.2 Å². The maximum Gasteiger partial charge on any atom is 0.261 e. The SMILES string of the molecule is C[C@H](Oc1ccc(C#N)cc1)C(=O)N[C@H]1CCCNC1=O. The Morgan fingerprint density at radius 1 is 1.48 bits per heavy atom. The summed E-state index contributed by atoms with van der Waals surface area (Å²) in [5, 5.41) is 14.1. The minimum absolute atomic E-state index is 0.153. The summed E-state index contributed by atoms with van der Waals surface area (Å²) in [7, 11) is 0. The van der Waals surface area contributed by atoms with Gasteiger partial charge in [-0.05, 0) is 44.0 Å². The third kappa shape index (κ3) is 3.96. The molecule has 1 aliphatic rings. The Morgan fingerprint density at radius 2 is 2.19 bits per heavy atom. The van der Waals surface area contributed by atoms with Crippen molar-refractivity contribution < 1.29 is 14.3 Å². The highest BCUT2D eigenvalue weighted by Gasteiger charge is 2.26. The second-order valence-corrected chi connectivity index (χ2v) is 4.89. The van der Waals surface area contributed by atoms with Crippen LogP contribution >= 0.6 is 0 Å². The maximum atomic E-state index is 12.0. The number of rotatable bonds is 4. The van der Waals surface area contributed by atoms with E-state index in [2.05, 4.69) is 10.6 Å². The first-order valence-corrected chi connectivity index (χ1v) is 6.85. The van der Waals surface area contributed by atoms with Crippen LogP contribution in [0.1, 0.15) is 25.3 Å². The van der Waals surface area contributed by atoms with Gasteiger partial charge in [0.1, 0.15) is 11.8 Å². The number of amides is 2. The van der Waals surface area contributed by atoms with E-state index in [0.29, 0.717) is 24.3 Å². The van der Waals surface area contributed by atoms with Crippen LogP contribution in [-0.2, 0) is 9.59 Å². The molecule has 0 spiro atoms. The molecule has 110 valence electrons. The maximum absolute atomic E-state index is 12.0. The van der Waals surface area contributed by atoms with Crippen molar-refractivity contribution in [1.29, 1.82) is 5.26 Å². The van der Waals surface area contributed by atoms with Crippen LogP contribution in [0, 0.1) is 11.3 Å². The number of nitrogens with zero attached hydrogens (tertiary/aromatic N) is 1. The van der Waals surface area contributed by atoms with Gasteiger partial charge in [0.15, 0.2) is 6.10 Å². The Hall–Kier alpha value is -2.55. The molecule has 2 atom stereocenters. The van der Waals surface area contributed by atoms with Gasteiger partial charge >= 0.3 is 0 Å². The molecule has 1 heterocycles. The highest BCUT2D eigenvalue weighted by atomic mass is 16.5. The number of benzene rings is 1. The van der Waals surface area contributed by atoms with Crippen LogP contribution in [-0.4, -0.2) is 30.5 Å². The van der Waals surface area contributed by atoms with E-state index >= 15 is 0 Å². The van der Waals surface area contributed by atoms with Gasteiger partial charge in [0, 0.05) is 6.54 Å². The summed E-state index contributed by atoms with van der Waals surface area (Å²) in [4.78, 5) is 23.6. The van der Waals surface area contributed by atoms with Crippen molar-refractivity contribution in [1.82, 2.24) is 10.6 Å². The van der Waals surface area contributed by atoms with Gasteiger partial charge in [0.25, 0.3) is 5.91 Å². The van der Waals surface area contributed by atoms with Crippen molar-refractivity contribution in [2.75, 3.05) is 6.54 Å². The van der Waals surface area contributed by atoms with Gasteiger partial charge < -0.3 is 15.4 Å². The lowest BCUT2D eigenvalue weighted by Crippen LogP contribution is -2.52. The molecule has 0 unspecified atom stereocenters. The predicted octanol–water partition coefficient (Wildman–Crippen LogP) is 0.720. The van der Waals surface area contributed by atoms with Crippen LogP contribution in [0.2, 0.25) is 0 Å². The number of carbonyl (C=O) groups is 2. The molecular weight excluding hydrogens is 270 g/mol. The Morgan fingerprint density at radius 3 is 2.81 bits per heavy atom. The van der Waals surface area contributed by atoms with Crippen molar-refractivity contribution in [3.8, 4) is 11.8 Å². The molecule has 1 aromatic carbocycles. The zero-order chi connectivity index (χ0) is 15.2. The number of nitrogens with one attached hydrogen (secondary N) is 2. The molecule has 0 bridgehead atoms. The molecule has 1 aliphatic heterocycles. The summed E-state index contributed by atoms with van der Waals surface area (Å²) in [6.45, 7) is 2.27. The molecule has 1 fully saturated rings. The van der Waals surface area contributed by atoms with Crippen molar-refractivity contribution in [3.05, 3.63) is 29.8 Å². The van der Waals surface area contributed by atoms with E-state index in [1.807, 2.05) is 6.07 Å². The van der Waals surface area contributed by atoms with Crippen LogP contribution < -0.4 is 15.4 Å². The molecule has 0 aliphatic carbocycles. The van der Waals surface area contributed by atoms with Crippen LogP contribution in [0.3, 0.4) is 0 Å². The fraction of sp³-hybridized carbons (Fsp3) is 0.400. The van der Waals surface area contributed by atoms with Crippen molar-refractivity contribution in [3.63, 3.8) is 0 Å². The first kappa shape index (κ1) is 14.9. The van der Waals surface area contributed by atoms with Crippen LogP contribution in [0.5, 0.6) is 5.75 Å². The summed E-state index contributed by atoms with van der Waals surface area (Å²) in [5.41, 5.74) is 0.526. The zero-order valence-electron chi connectivity index (χ0n) is 11.8. The van der Waals surface area contributed by atoms with Crippen molar-refractivity contribution in [2.24, 2.45) is 0 Å². The number of carbonyl (C=O) groups excluding carboxylic acids is 2. The molecular formula is C15H17N3O3. The second-order valence-electron chi connectivity index (χ2n) is 4.89. The number of hydrogen-bond acceptors (Lipinski definition) is 4. The van der Waals surface area contributed by atoms with Gasteiger partial charge in [-0.1, -0.05) is 0 Å². The third-order valence-electron chi connectivity index (χ3n) is 3.27. The summed E-state index contributed by atoms with van der Waals surface area (Å²) < 4.78 is 5.50. The van der Waals surface area contributed by atoms with E-state index in [1.165, 1.54) is 0 Å². The molecule has 2 amide bonds. The van der Waals surface area contributed by atoms with Crippen LogP contribution in [0.15, 0.2) is 24.3 Å².